The number of anilines is 1. The van der Waals surface area contributed by atoms with Crippen LogP contribution in [0.1, 0.15) is 66.4 Å². The van der Waals surface area contributed by atoms with Crippen LogP contribution in [0.2, 0.25) is 0 Å². The van der Waals surface area contributed by atoms with E-state index in [1.165, 1.54) is 19.3 Å². The molecule has 0 spiro atoms. The van der Waals surface area contributed by atoms with Crippen LogP contribution in [0.25, 0.3) is 0 Å². The molecule has 0 radical (unpaired) electrons. The van der Waals surface area contributed by atoms with Gasteiger partial charge in [-0.2, -0.15) is 0 Å². The first-order chi connectivity index (χ1) is 13.6. The molecule has 0 unspecified atom stereocenters. The van der Waals surface area contributed by atoms with Crippen LogP contribution in [-0.2, 0) is 11.2 Å². The second kappa shape index (κ2) is 8.13. The molecule has 1 N–H and O–H groups in total. The predicted molar refractivity (Wildman–Crippen MR) is 109 cm³/mol. The minimum atomic E-state index is -0.0760. The number of pyridine rings is 1. The summed E-state index contributed by atoms with van der Waals surface area (Å²) in [4.78, 5) is 30.0. The van der Waals surface area contributed by atoms with E-state index in [1.54, 1.807) is 10.6 Å². The average Bonchev–Trinajstić information content (AvgIpc) is 2.88. The number of nitrogens with one attached hydrogen (secondary N) is 1. The Balaban J connectivity index is 1.69. The molecule has 2 aromatic rings. The third-order valence-corrected chi connectivity index (χ3v) is 5.67. The summed E-state index contributed by atoms with van der Waals surface area (Å²) in [7, 11) is 0. The zero-order valence-corrected chi connectivity index (χ0v) is 16.4. The van der Waals surface area contributed by atoms with Crippen molar-refractivity contribution in [3.05, 3.63) is 58.7 Å². The average molecular weight is 377 g/mol. The van der Waals surface area contributed by atoms with Crippen molar-refractivity contribution in [3.63, 3.8) is 0 Å². The van der Waals surface area contributed by atoms with Gasteiger partial charge in [0, 0.05) is 23.9 Å². The molecule has 4 rings (SSSR count). The van der Waals surface area contributed by atoms with E-state index >= 15 is 0 Å². The largest absolute Gasteiger partial charge is 0.326 e. The molecule has 1 aromatic carbocycles. The second-order valence-corrected chi connectivity index (χ2v) is 7.93. The molecule has 146 valence electrons. The molecule has 2 aliphatic rings. The maximum atomic E-state index is 13.3. The van der Waals surface area contributed by atoms with Gasteiger partial charge in [-0.15, -0.1) is 0 Å². The van der Waals surface area contributed by atoms with E-state index in [2.05, 4.69) is 5.32 Å². The van der Waals surface area contributed by atoms with Gasteiger partial charge in [-0.3, -0.25) is 19.1 Å². The zero-order chi connectivity index (χ0) is 19.5. The van der Waals surface area contributed by atoms with E-state index in [4.69, 9.17) is 4.99 Å². The number of rotatable bonds is 2. The first-order valence-electron chi connectivity index (χ1n) is 10.3. The second-order valence-electron chi connectivity index (χ2n) is 7.93. The monoisotopic (exact) mass is 377 g/mol. The van der Waals surface area contributed by atoms with Gasteiger partial charge in [0.2, 0.25) is 5.91 Å². The molecule has 5 heteroatoms. The first kappa shape index (κ1) is 18.7. The van der Waals surface area contributed by atoms with Crippen LogP contribution in [0, 0.1) is 6.92 Å². The number of carbonyl (C=O) groups is 2. The lowest BCUT2D eigenvalue weighted by Crippen LogP contribution is -2.30. The van der Waals surface area contributed by atoms with Crippen LogP contribution in [0.15, 0.2) is 41.5 Å². The van der Waals surface area contributed by atoms with Crippen LogP contribution >= 0.6 is 0 Å². The highest BCUT2D eigenvalue weighted by molar-refractivity contribution is 5.98. The maximum absolute atomic E-state index is 13.3. The Morgan fingerprint density at radius 2 is 1.89 bits per heavy atom. The third kappa shape index (κ3) is 4.08. The molecule has 2 heterocycles. The van der Waals surface area contributed by atoms with Gasteiger partial charge in [-0.05, 0) is 74.1 Å². The number of aryl methyl sites for hydroxylation is 2. The van der Waals surface area contributed by atoms with Crippen molar-refractivity contribution in [3.8, 4) is 0 Å². The minimum Gasteiger partial charge on any atom is -0.326 e. The normalized spacial score (nSPS) is 18.3. The number of fused-ring (bicyclic) bond motifs is 1. The maximum Gasteiger partial charge on any atom is 0.263 e. The SMILES string of the molecule is Cc1ccn(C(=O)c2ccc3c(c2)CCCC(=O)N3)c(=NC2CCCCC2)c1. The molecule has 1 saturated carbocycles. The summed E-state index contributed by atoms with van der Waals surface area (Å²) in [5.41, 5.74) is 4.31. The van der Waals surface area contributed by atoms with Crippen molar-refractivity contribution in [2.75, 3.05) is 5.32 Å². The molecule has 1 aliphatic carbocycles. The quantitative estimate of drug-likeness (QED) is 0.860. The molecule has 5 nitrogen and oxygen atoms in total. The van der Waals surface area contributed by atoms with Gasteiger partial charge in [0.05, 0.1) is 6.04 Å². The Morgan fingerprint density at radius 1 is 1.07 bits per heavy atom. The Labute approximate surface area is 165 Å². The van der Waals surface area contributed by atoms with Gasteiger partial charge in [-0.1, -0.05) is 19.3 Å². The Hall–Kier alpha value is -2.69. The highest BCUT2D eigenvalue weighted by Crippen LogP contribution is 2.24. The molecule has 0 saturated heterocycles. The van der Waals surface area contributed by atoms with Gasteiger partial charge in [-0.25, -0.2) is 0 Å². The summed E-state index contributed by atoms with van der Waals surface area (Å²) >= 11 is 0. The fourth-order valence-corrected chi connectivity index (χ4v) is 4.10. The van der Waals surface area contributed by atoms with E-state index < -0.39 is 0 Å². The lowest BCUT2D eigenvalue weighted by molar-refractivity contribution is -0.116. The lowest BCUT2D eigenvalue weighted by atomic mass is 9.96. The van der Waals surface area contributed by atoms with Gasteiger partial charge in [0.1, 0.15) is 5.49 Å². The standard InChI is InChI=1S/C23H27N3O2/c1-16-12-13-26(21(14-16)24-19-7-3-2-4-8-19)23(28)18-10-11-20-17(15-18)6-5-9-22(27)25-20/h10-15,19H,2-9H2,1H3,(H,25,27). The number of aromatic nitrogens is 1. The smallest absolute Gasteiger partial charge is 0.263 e. The summed E-state index contributed by atoms with van der Waals surface area (Å²) in [5.74, 6) is -0.0350. The predicted octanol–water partition coefficient (Wildman–Crippen LogP) is 3.99. The topological polar surface area (TPSA) is 63.5 Å². The summed E-state index contributed by atoms with van der Waals surface area (Å²) < 4.78 is 1.67. The van der Waals surface area contributed by atoms with Crippen molar-refractivity contribution < 1.29 is 9.59 Å². The van der Waals surface area contributed by atoms with E-state index in [0.717, 1.165) is 48.0 Å². The van der Waals surface area contributed by atoms with Crippen molar-refractivity contribution in [1.82, 2.24) is 4.57 Å². The number of hydrogen-bond acceptors (Lipinski definition) is 3. The number of benzene rings is 1. The molecular weight excluding hydrogens is 350 g/mol. The fraction of sp³-hybridized carbons (Fsp3) is 0.435. The number of amides is 1. The van der Waals surface area contributed by atoms with Gasteiger partial charge >= 0.3 is 0 Å². The van der Waals surface area contributed by atoms with Crippen molar-refractivity contribution in [1.29, 1.82) is 0 Å². The lowest BCUT2D eigenvalue weighted by Gasteiger charge is -2.18. The highest BCUT2D eigenvalue weighted by atomic mass is 16.2. The summed E-state index contributed by atoms with van der Waals surface area (Å²) in [6.45, 7) is 2.03. The van der Waals surface area contributed by atoms with E-state index in [9.17, 15) is 9.59 Å². The van der Waals surface area contributed by atoms with Crippen molar-refractivity contribution in [2.24, 2.45) is 4.99 Å². The van der Waals surface area contributed by atoms with E-state index in [-0.39, 0.29) is 11.8 Å². The number of hydrogen-bond donors (Lipinski definition) is 1. The third-order valence-electron chi connectivity index (χ3n) is 5.67. The molecule has 1 aromatic heterocycles. The van der Waals surface area contributed by atoms with Crippen molar-refractivity contribution >= 4 is 17.5 Å². The van der Waals surface area contributed by atoms with Crippen LogP contribution in [0.3, 0.4) is 0 Å². The van der Waals surface area contributed by atoms with Gasteiger partial charge in [0.25, 0.3) is 5.91 Å². The number of nitrogens with zero attached hydrogens (tertiary/aromatic N) is 2. The van der Waals surface area contributed by atoms with E-state index in [1.807, 2.05) is 37.4 Å². The van der Waals surface area contributed by atoms with Crippen LogP contribution in [0.5, 0.6) is 0 Å². The number of carbonyl (C=O) groups excluding carboxylic acids is 2. The van der Waals surface area contributed by atoms with E-state index in [0.29, 0.717) is 18.0 Å². The Kier molecular flexibility index (Phi) is 5.42. The molecule has 1 aliphatic heterocycles. The Morgan fingerprint density at radius 3 is 2.71 bits per heavy atom. The molecule has 28 heavy (non-hydrogen) atoms. The van der Waals surface area contributed by atoms with Crippen LogP contribution in [-0.4, -0.2) is 22.4 Å². The van der Waals surface area contributed by atoms with Crippen LogP contribution < -0.4 is 10.8 Å². The first-order valence-corrected chi connectivity index (χ1v) is 10.3. The zero-order valence-electron chi connectivity index (χ0n) is 16.4. The molecule has 1 fully saturated rings. The summed E-state index contributed by atoms with van der Waals surface area (Å²) in [6.07, 6.45) is 9.85. The van der Waals surface area contributed by atoms with Gasteiger partial charge in [0.15, 0.2) is 0 Å². The van der Waals surface area contributed by atoms with Gasteiger partial charge < -0.3 is 5.32 Å². The summed E-state index contributed by atoms with van der Waals surface area (Å²) in [5, 5.41) is 2.93. The molecule has 0 atom stereocenters. The molecular formula is C23H27N3O2. The molecule has 0 bridgehead atoms. The summed E-state index contributed by atoms with van der Waals surface area (Å²) in [6, 6.07) is 9.80. The fourth-order valence-electron chi connectivity index (χ4n) is 4.10. The molecule has 1 amide bonds. The minimum absolute atomic E-state index is 0.0410. The van der Waals surface area contributed by atoms with Crippen LogP contribution in [0.4, 0.5) is 5.69 Å². The van der Waals surface area contributed by atoms with Crippen molar-refractivity contribution in [2.45, 2.75) is 64.3 Å². The highest BCUT2D eigenvalue weighted by Gasteiger charge is 2.17. The Bertz CT molecular complexity index is 968.